The largest absolute Gasteiger partial charge is 0.395 e. The van der Waals surface area contributed by atoms with Crippen LogP contribution in [0.25, 0.3) is 6.08 Å². The summed E-state index contributed by atoms with van der Waals surface area (Å²) in [4.78, 5) is 31.1. The number of ether oxygens (including phenoxy) is 1. The molecule has 0 saturated carbocycles. The summed E-state index contributed by atoms with van der Waals surface area (Å²) < 4.78 is 5.50. The van der Waals surface area contributed by atoms with E-state index in [2.05, 4.69) is 4.90 Å². The van der Waals surface area contributed by atoms with Crippen LogP contribution in [0, 0.1) is 0 Å². The van der Waals surface area contributed by atoms with Crippen molar-refractivity contribution in [3.05, 3.63) is 39.9 Å². The van der Waals surface area contributed by atoms with E-state index in [1.165, 1.54) is 6.08 Å². The number of aliphatic hydroxyl groups excluding tert-OH is 1. The Labute approximate surface area is 212 Å². The summed E-state index contributed by atoms with van der Waals surface area (Å²) in [6.07, 6.45) is 7.56. The van der Waals surface area contributed by atoms with Crippen molar-refractivity contribution in [2.75, 3.05) is 53.0 Å². The predicted octanol–water partition coefficient (Wildman–Crippen LogP) is 3.32. The predicted molar refractivity (Wildman–Crippen MR) is 135 cm³/mol. The van der Waals surface area contributed by atoms with Crippen molar-refractivity contribution in [1.29, 1.82) is 0 Å². The number of hydrogen-bond donors (Lipinski definition) is 1. The summed E-state index contributed by atoms with van der Waals surface area (Å²) in [6.45, 7) is 4.07. The van der Waals surface area contributed by atoms with Crippen molar-refractivity contribution < 1.29 is 19.4 Å². The van der Waals surface area contributed by atoms with Gasteiger partial charge in [-0.25, -0.2) is 0 Å². The summed E-state index contributed by atoms with van der Waals surface area (Å²) in [6, 6.07) is 5.40. The minimum atomic E-state index is -0.117. The molecule has 2 fully saturated rings. The number of nitrogens with zero attached hydrogens (tertiary/aromatic N) is 3. The Morgan fingerprint density at radius 1 is 1.15 bits per heavy atom. The maximum atomic E-state index is 12.6. The molecular weight excluding hydrogens is 477 g/mol. The third-order valence-electron chi connectivity index (χ3n) is 6.71. The number of hydrogen-bond acceptors (Lipinski definition) is 5. The summed E-state index contributed by atoms with van der Waals surface area (Å²) >= 11 is 12.0. The first-order chi connectivity index (χ1) is 16.4. The zero-order valence-electron chi connectivity index (χ0n) is 19.8. The molecular formula is C25H35Cl2N3O4. The number of rotatable bonds is 9. The summed E-state index contributed by atoms with van der Waals surface area (Å²) in [5, 5.41) is 10.6. The first kappa shape index (κ1) is 27.0. The van der Waals surface area contributed by atoms with Crippen LogP contribution in [-0.2, 0) is 14.3 Å². The number of unbranched alkanes of at least 4 members (excludes halogenated alkanes) is 1. The van der Waals surface area contributed by atoms with Crippen molar-refractivity contribution in [2.45, 2.75) is 44.2 Å². The molecule has 7 nitrogen and oxygen atoms in total. The number of carbonyl (C=O) groups is 2. The number of carbonyl (C=O) groups excluding carboxylic acids is 2. The normalized spacial score (nSPS) is 22.4. The number of piperidine rings is 1. The van der Waals surface area contributed by atoms with E-state index in [-0.39, 0.29) is 30.6 Å². The molecule has 2 saturated heterocycles. The molecule has 1 N–H and O–H groups in total. The van der Waals surface area contributed by atoms with Gasteiger partial charge in [0.15, 0.2) is 0 Å². The molecule has 2 aliphatic heterocycles. The molecule has 0 aliphatic carbocycles. The van der Waals surface area contributed by atoms with Gasteiger partial charge in [-0.3, -0.25) is 14.5 Å². The van der Waals surface area contributed by atoms with Crippen LogP contribution in [0.4, 0.5) is 0 Å². The quantitative estimate of drug-likeness (QED) is 0.406. The lowest BCUT2D eigenvalue weighted by Crippen LogP contribution is -2.48. The molecule has 1 aromatic carbocycles. The Balaban J connectivity index is 1.43. The van der Waals surface area contributed by atoms with Gasteiger partial charge in [-0.15, -0.1) is 0 Å². The van der Waals surface area contributed by atoms with Crippen molar-refractivity contribution in [2.24, 2.45) is 0 Å². The molecule has 3 rings (SSSR count). The summed E-state index contributed by atoms with van der Waals surface area (Å²) in [7, 11) is 1.74. The van der Waals surface area contributed by atoms with E-state index in [1.807, 2.05) is 4.90 Å². The van der Waals surface area contributed by atoms with E-state index in [1.54, 1.807) is 36.3 Å². The second-order valence-corrected chi connectivity index (χ2v) is 9.75. The molecule has 2 unspecified atom stereocenters. The fourth-order valence-corrected chi connectivity index (χ4v) is 4.87. The molecule has 188 valence electrons. The second-order valence-electron chi connectivity index (χ2n) is 8.94. The van der Waals surface area contributed by atoms with Crippen LogP contribution in [-0.4, -0.2) is 96.8 Å². The molecule has 2 amide bonds. The van der Waals surface area contributed by atoms with Crippen LogP contribution in [0.5, 0.6) is 0 Å². The Morgan fingerprint density at radius 2 is 1.94 bits per heavy atom. The highest BCUT2D eigenvalue weighted by Crippen LogP contribution is 2.23. The molecule has 0 bridgehead atoms. The van der Waals surface area contributed by atoms with Gasteiger partial charge in [0, 0.05) is 58.4 Å². The minimum absolute atomic E-state index is 0.0921. The van der Waals surface area contributed by atoms with Gasteiger partial charge in [0.05, 0.1) is 22.8 Å². The third-order valence-corrected chi connectivity index (χ3v) is 7.44. The maximum absolute atomic E-state index is 12.6. The van der Waals surface area contributed by atoms with Crippen LogP contribution in [0.1, 0.15) is 37.7 Å². The van der Waals surface area contributed by atoms with E-state index in [4.69, 9.17) is 27.9 Å². The Kier molecular flexibility index (Phi) is 10.7. The first-order valence-corrected chi connectivity index (χ1v) is 12.7. The van der Waals surface area contributed by atoms with E-state index < -0.39 is 0 Å². The SMILES string of the molecule is COC1CCC(CO)N(CCCCN2CCN(C(=O)C=Cc3ccc(Cl)c(Cl)c3)CCC2=O)C1. The van der Waals surface area contributed by atoms with Gasteiger partial charge in [0.25, 0.3) is 0 Å². The average molecular weight is 512 g/mol. The van der Waals surface area contributed by atoms with E-state index in [0.29, 0.717) is 42.6 Å². The van der Waals surface area contributed by atoms with Crippen LogP contribution in [0.15, 0.2) is 24.3 Å². The Morgan fingerprint density at radius 3 is 2.68 bits per heavy atom. The van der Waals surface area contributed by atoms with Crippen LogP contribution in [0.2, 0.25) is 10.0 Å². The Hall–Kier alpha value is -1.64. The summed E-state index contributed by atoms with van der Waals surface area (Å²) in [5.74, 6) is -0.0250. The average Bonchev–Trinajstić information content (AvgIpc) is 3.03. The highest BCUT2D eigenvalue weighted by molar-refractivity contribution is 6.42. The fraction of sp³-hybridized carbons (Fsp3) is 0.600. The number of likely N-dealkylation sites (tertiary alicyclic amines) is 1. The highest BCUT2D eigenvalue weighted by Gasteiger charge is 2.27. The van der Waals surface area contributed by atoms with Crippen molar-refractivity contribution in [3.8, 4) is 0 Å². The molecule has 0 spiro atoms. The summed E-state index contributed by atoms with van der Waals surface area (Å²) in [5.41, 5.74) is 0.796. The fourth-order valence-electron chi connectivity index (χ4n) is 4.57. The molecule has 1 aromatic rings. The van der Waals surface area contributed by atoms with Gasteiger partial charge >= 0.3 is 0 Å². The topological polar surface area (TPSA) is 73.3 Å². The molecule has 2 atom stereocenters. The third kappa shape index (κ3) is 7.68. The minimum Gasteiger partial charge on any atom is -0.395 e. The molecule has 0 aromatic heterocycles. The monoisotopic (exact) mass is 511 g/mol. The first-order valence-electron chi connectivity index (χ1n) is 12.0. The van der Waals surface area contributed by atoms with E-state index in [9.17, 15) is 14.7 Å². The van der Waals surface area contributed by atoms with Crippen molar-refractivity contribution in [3.63, 3.8) is 0 Å². The molecule has 0 radical (unpaired) electrons. The molecule has 9 heteroatoms. The number of methoxy groups -OCH3 is 1. The molecule has 2 heterocycles. The highest BCUT2D eigenvalue weighted by atomic mass is 35.5. The number of amides is 2. The zero-order valence-corrected chi connectivity index (χ0v) is 21.3. The van der Waals surface area contributed by atoms with Gasteiger partial charge in [-0.1, -0.05) is 29.3 Å². The lowest BCUT2D eigenvalue weighted by molar-refractivity contribution is -0.130. The van der Waals surface area contributed by atoms with Crippen LogP contribution >= 0.6 is 23.2 Å². The van der Waals surface area contributed by atoms with Gasteiger partial charge in [0.1, 0.15) is 0 Å². The van der Waals surface area contributed by atoms with Crippen LogP contribution in [0.3, 0.4) is 0 Å². The standard InChI is InChI=1S/C25H35Cl2N3O4/c1-34-21-7-6-20(18-31)30(17-21)12-3-2-11-28-14-15-29(13-10-25(28)33)24(32)9-5-19-4-8-22(26)23(27)16-19/h4-5,8-9,16,20-21,31H,2-3,6-7,10-15,17-18H2,1H3. The Bertz CT molecular complexity index is 867. The molecule has 34 heavy (non-hydrogen) atoms. The van der Waals surface area contributed by atoms with E-state index in [0.717, 1.165) is 44.3 Å². The lowest BCUT2D eigenvalue weighted by atomic mass is 10.00. The second kappa shape index (κ2) is 13.4. The maximum Gasteiger partial charge on any atom is 0.246 e. The number of aliphatic hydroxyl groups is 1. The lowest BCUT2D eigenvalue weighted by Gasteiger charge is -2.38. The van der Waals surface area contributed by atoms with Crippen molar-refractivity contribution in [1.82, 2.24) is 14.7 Å². The zero-order chi connectivity index (χ0) is 24.5. The smallest absolute Gasteiger partial charge is 0.246 e. The van der Waals surface area contributed by atoms with Gasteiger partial charge in [-0.2, -0.15) is 0 Å². The van der Waals surface area contributed by atoms with Gasteiger partial charge < -0.3 is 19.6 Å². The van der Waals surface area contributed by atoms with Gasteiger partial charge in [0.2, 0.25) is 11.8 Å². The number of benzene rings is 1. The van der Waals surface area contributed by atoms with E-state index >= 15 is 0 Å². The van der Waals surface area contributed by atoms with Crippen molar-refractivity contribution >= 4 is 41.1 Å². The number of halogens is 2. The van der Waals surface area contributed by atoms with Crippen LogP contribution < -0.4 is 0 Å². The molecule has 2 aliphatic rings. The van der Waals surface area contributed by atoms with Gasteiger partial charge in [-0.05, 0) is 56.0 Å².